The van der Waals surface area contributed by atoms with Crippen LogP contribution in [0.5, 0.6) is 0 Å². The number of nitrogens with zero attached hydrogens (tertiary/aromatic N) is 2. The number of ether oxygens (including phenoxy) is 1. The zero-order valence-corrected chi connectivity index (χ0v) is 14.6. The number of likely N-dealkylation sites (tertiary alicyclic amines) is 1. The van der Waals surface area contributed by atoms with Crippen molar-refractivity contribution in [2.24, 2.45) is 5.92 Å². The van der Waals surface area contributed by atoms with Crippen molar-refractivity contribution in [2.45, 2.75) is 31.7 Å². The van der Waals surface area contributed by atoms with Gasteiger partial charge in [-0.3, -0.25) is 0 Å². The average Bonchev–Trinajstić information content (AvgIpc) is 2.67. The van der Waals surface area contributed by atoms with Gasteiger partial charge in [-0.2, -0.15) is 0 Å². The first kappa shape index (κ1) is 17.1. The quantitative estimate of drug-likeness (QED) is 0.923. The standard InChI is InChI=1S/C19H29N3O2/c1-21(17-7-3-2-4-8-17)18-9-11-22(12-10-18)19(23)20-14-16-6-5-13-24-15-16/h2-4,7-8,16,18H,5-6,9-15H2,1H3,(H,20,23). The van der Waals surface area contributed by atoms with Gasteiger partial charge in [0.15, 0.2) is 0 Å². The average molecular weight is 331 g/mol. The van der Waals surface area contributed by atoms with Crippen LogP contribution in [0.15, 0.2) is 30.3 Å². The second kappa shape index (κ2) is 8.38. The van der Waals surface area contributed by atoms with E-state index in [9.17, 15) is 4.79 Å². The molecule has 1 unspecified atom stereocenters. The van der Waals surface area contributed by atoms with Crippen LogP contribution in [0.1, 0.15) is 25.7 Å². The molecule has 2 aliphatic rings. The lowest BCUT2D eigenvalue weighted by molar-refractivity contribution is 0.0550. The molecule has 132 valence electrons. The molecule has 0 spiro atoms. The first-order chi connectivity index (χ1) is 11.7. The van der Waals surface area contributed by atoms with Crippen molar-refractivity contribution < 1.29 is 9.53 Å². The lowest BCUT2D eigenvalue weighted by Gasteiger charge is -2.38. The number of rotatable bonds is 4. The smallest absolute Gasteiger partial charge is 0.317 e. The van der Waals surface area contributed by atoms with E-state index >= 15 is 0 Å². The number of nitrogens with one attached hydrogen (secondary N) is 1. The van der Waals surface area contributed by atoms with Gasteiger partial charge in [-0.1, -0.05) is 18.2 Å². The van der Waals surface area contributed by atoms with Crippen LogP contribution in [0, 0.1) is 5.92 Å². The van der Waals surface area contributed by atoms with Crippen LogP contribution in [0.4, 0.5) is 10.5 Å². The van der Waals surface area contributed by atoms with Crippen molar-refractivity contribution >= 4 is 11.7 Å². The Kier molecular flexibility index (Phi) is 5.96. The molecule has 2 saturated heterocycles. The highest BCUT2D eigenvalue weighted by Crippen LogP contribution is 2.22. The third-order valence-corrected chi connectivity index (χ3v) is 5.26. The van der Waals surface area contributed by atoms with E-state index in [2.05, 4.69) is 41.5 Å². The molecule has 0 radical (unpaired) electrons. The maximum atomic E-state index is 12.3. The Labute approximate surface area is 145 Å². The fourth-order valence-electron chi connectivity index (χ4n) is 3.64. The summed E-state index contributed by atoms with van der Waals surface area (Å²) in [5.41, 5.74) is 1.25. The summed E-state index contributed by atoms with van der Waals surface area (Å²) in [6.07, 6.45) is 4.30. The second-order valence-corrected chi connectivity index (χ2v) is 6.93. The Bertz CT molecular complexity index is 509. The van der Waals surface area contributed by atoms with E-state index in [0.29, 0.717) is 12.0 Å². The van der Waals surface area contributed by atoms with E-state index < -0.39 is 0 Å². The first-order valence-electron chi connectivity index (χ1n) is 9.12. The molecule has 0 aliphatic carbocycles. The highest BCUT2D eigenvalue weighted by atomic mass is 16.5. The predicted molar refractivity (Wildman–Crippen MR) is 96.4 cm³/mol. The normalized spacial score (nSPS) is 22.2. The van der Waals surface area contributed by atoms with Crippen molar-refractivity contribution in [1.29, 1.82) is 0 Å². The van der Waals surface area contributed by atoms with E-state index in [1.165, 1.54) is 5.69 Å². The van der Waals surface area contributed by atoms with E-state index in [-0.39, 0.29) is 6.03 Å². The van der Waals surface area contributed by atoms with E-state index in [1.54, 1.807) is 0 Å². The summed E-state index contributed by atoms with van der Waals surface area (Å²) in [5, 5.41) is 3.09. The first-order valence-corrected chi connectivity index (χ1v) is 9.12. The Morgan fingerprint density at radius 3 is 2.67 bits per heavy atom. The number of hydrogen-bond donors (Lipinski definition) is 1. The highest BCUT2D eigenvalue weighted by molar-refractivity contribution is 5.74. The van der Waals surface area contributed by atoms with Gasteiger partial charge in [0.1, 0.15) is 0 Å². The van der Waals surface area contributed by atoms with E-state index in [4.69, 9.17) is 4.74 Å². The molecule has 1 aromatic carbocycles. The number of hydrogen-bond acceptors (Lipinski definition) is 3. The monoisotopic (exact) mass is 331 g/mol. The highest BCUT2D eigenvalue weighted by Gasteiger charge is 2.26. The molecular weight excluding hydrogens is 302 g/mol. The van der Waals surface area contributed by atoms with Crippen LogP contribution >= 0.6 is 0 Å². The molecule has 0 aromatic heterocycles. The van der Waals surface area contributed by atoms with E-state index in [1.807, 2.05) is 11.0 Å². The van der Waals surface area contributed by atoms with Gasteiger partial charge in [-0.25, -0.2) is 4.79 Å². The van der Waals surface area contributed by atoms with Gasteiger partial charge in [-0.15, -0.1) is 0 Å². The van der Waals surface area contributed by atoms with Crippen molar-refractivity contribution in [3.8, 4) is 0 Å². The lowest BCUT2D eigenvalue weighted by atomic mass is 10.0. The van der Waals surface area contributed by atoms with Crippen LogP contribution in [0.25, 0.3) is 0 Å². The third-order valence-electron chi connectivity index (χ3n) is 5.26. The van der Waals surface area contributed by atoms with Crippen molar-refractivity contribution in [2.75, 3.05) is 44.8 Å². The van der Waals surface area contributed by atoms with Crippen LogP contribution in [-0.2, 0) is 4.74 Å². The number of para-hydroxylation sites is 1. The van der Waals surface area contributed by atoms with Gasteiger partial charge in [0.2, 0.25) is 0 Å². The largest absolute Gasteiger partial charge is 0.381 e. The van der Waals surface area contributed by atoms with Gasteiger partial charge in [0.05, 0.1) is 6.61 Å². The minimum atomic E-state index is 0.0846. The Balaban J connectivity index is 1.42. The maximum Gasteiger partial charge on any atom is 0.317 e. The van der Waals surface area contributed by atoms with Crippen molar-refractivity contribution in [3.63, 3.8) is 0 Å². The number of anilines is 1. The molecule has 2 amide bonds. The number of benzene rings is 1. The fourth-order valence-corrected chi connectivity index (χ4v) is 3.64. The van der Waals surface area contributed by atoms with Crippen LogP contribution in [-0.4, -0.2) is 56.9 Å². The number of carbonyl (C=O) groups is 1. The number of amides is 2. The van der Waals surface area contributed by atoms with Gasteiger partial charge < -0.3 is 19.9 Å². The molecule has 2 heterocycles. The van der Waals surface area contributed by atoms with Gasteiger partial charge in [0.25, 0.3) is 0 Å². The number of carbonyl (C=O) groups excluding carboxylic acids is 1. The molecular formula is C19H29N3O2. The minimum Gasteiger partial charge on any atom is -0.381 e. The Hall–Kier alpha value is -1.75. The number of piperidine rings is 1. The molecule has 3 rings (SSSR count). The van der Waals surface area contributed by atoms with E-state index in [0.717, 1.165) is 58.5 Å². The van der Waals surface area contributed by atoms with Gasteiger partial charge in [-0.05, 0) is 43.7 Å². The molecule has 1 aromatic rings. The predicted octanol–water partition coefficient (Wildman–Crippen LogP) is 2.72. The second-order valence-electron chi connectivity index (χ2n) is 6.93. The van der Waals surface area contributed by atoms with Crippen LogP contribution in [0.3, 0.4) is 0 Å². The SMILES string of the molecule is CN(c1ccccc1)C1CCN(C(=O)NCC2CCCOC2)CC1. The molecule has 2 aliphatic heterocycles. The molecule has 24 heavy (non-hydrogen) atoms. The molecule has 0 bridgehead atoms. The fraction of sp³-hybridized carbons (Fsp3) is 0.632. The van der Waals surface area contributed by atoms with Crippen molar-refractivity contribution in [1.82, 2.24) is 10.2 Å². The topological polar surface area (TPSA) is 44.8 Å². The maximum absolute atomic E-state index is 12.3. The zero-order chi connectivity index (χ0) is 16.8. The van der Waals surface area contributed by atoms with Crippen molar-refractivity contribution in [3.05, 3.63) is 30.3 Å². The van der Waals surface area contributed by atoms with Gasteiger partial charge >= 0.3 is 6.03 Å². The van der Waals surface area contributed by atoms with Crippen LogP contribution in [0.2, 0.25) is 0 Å². The molecule has 2 fully saturated rings. The molecule has 1 N–H and O–H groups in total. The lowest BCUT2D eigenvalue weighted by Crippen LogP contribution is -2.49. The molecule has 5 nitrogen and oxygen atoms in total. The third kappa shape index (κ3) is 4.41. The minimum absolute atomic E-state index is 0.0846. The molecule has 0 saturated carbocycles. The summed E-state index contributed by atoms with van der Waals surface area (Å²) < 4.78 is 5.47. The molecule has 1 atom stereocenters. The summed E-state index contributed by atoms with van der Waals surface area (Å²) in [7, 11) is 2.15. The molecule has 5 heteroatoms. The summed E-state index contributed by atoms with van der Waals surface area (Å²) in [6.45, 7) is 4.05. The summed E-state index contributed by atoms with van der Waals surface area (Å²) >= 11 is 0. The summed E-state index contributed by atoms with van der Waals surface area (Å²) in [6, 6.07) is 11.1. The Morgan fingerprint density at radius 1 is 1.25 bits per heavy atom. The number of urea groups is 1. The summed E-state index contributed by atoms with van der Waals surface area (Å²) in [4.78, 5) is 16.6. The Morgan fingerprint density at radius 2 is 2.00 bits per heavy atom. The van der Waals surface area contributed by atoms with Gasteiger partial charge in [0, 0.05) is 45.0 Å². The van der Waals surface area contributed by atoms with Crippen LogP contribution < -0.4 is 10.2 Å². The zero-order valence-electron chi connectivity index (χ0n) is 14.6. The summed E-state index contributed by atoms with van der Waals surface area (Å²) in [5.74, 6) is 0.476.